The Labute approximate surface area is 303 Å². The van der Waals surface area contributed by atoms with E-state index in [1.54, 1.807) is 56.4 Å². The summed E-state index contributed by atoms with van der Waals surface area (Å²) in [5, 5.41) is 63.9. The van der Waals surface area contributed by atoms with Crippen molar-refractivity contribution >= 4 is 11.9 Å². The third-order valence-electron chi connectivity index (χ3n) is 8.58. The number of hydrogen-bond donors (Lipinski definition) is 7. The van der Waals surface area contributed by atoms with Crippen LogP contribution in [-0.4, -0.2) is 122 Å². The van der Waals surface area contributed by atoms with E-state index in [1.807, 2.05) is 6.08 Å². The number of aliphatic hydroxyl groups is 5. The van der Waals surface area contributed by atoms with Gasteiger partial charge < -0.3 is 61.5 Å². The molecular weight excluding hydrogens is 641 g/mol. The summed E-state index contributed by atoms with van der Waals surface area (Å²) in [4.78, 5) is 24.4. The van der Waals surface area contributed by atoms with Gasteiger partial charge in [-0.15, -0.1) is 0 Å². The molecule has 4 aliphatic heterocycles. The monoisotopic (exact) mass is 689 g/mol. The fraction of sp³-hybridized carbons (Fsp3) is 0.636. The number of esters is 1. The average molecular weight is 690 g/mol. The molecule has 0 spiro atoms. The van der Waals surface area contributed by atoms with Gasteiger partial charge in [-0.1, -0.05) is 48.6 Å². The first-order valence-corrected chi connectivity index (χ1v) is 15.9. The normalized spacial score (nSPS) is 46.2. The molecule has 0 unspecified atom stereocenters. The second kappa shape index (κ2) is 18.5. The van der Waals surface area contributed by atoms with Crippen LogP contribution >= 0.6 is 0 Å². The van der Waals surface area contributed by atoms with Gasteiger partial charge in [0.1, 0.15) is 24.2 Å². The fourth-order valence-electron chi connectivity index (χ4n) is 6.00. The number of aliphatic carboxylic acids is 1. The molecule has 4 aliphatic rings. The molecule has 0 amide bonds. The van der Waals surface area contributed by atoms with Crippen molar-refractivity contribution in [2.45, 2.75) is 125 Å². The molecule has 264 valence electrons. The maximum absolute atomic E-state index is 12.3. The van der Waals surface area contributed by atoms with Crippen LogP contribution in [0.25, 0.3) is 0 Å². The molecule has 0 aliphatic carbocycles. The van der Waals surface area contributed by atoms with Crippen LogP contribution in [0, 0.1) is 5.92 Å². The second-order valence-electron chi connectivity index (χ2n) is 12.6. The van der Waals surface area contributed by atoms with Crippen molar-refractivity contribution in [3.63, 3.8) is 0 Å². The minimum Gasteiger partial charge on any atom is -1.00 e. The van der Waals surface area contributed by atoms with E-state index >= 15 is 0 Å². The van der Waals surface area contributed by atoms with Crippen molar-refractivity contribution in [1.29, 1.82) is 0 Å². The van der Waals surface area contributed by atoms with Gasteiger partial charge in [-0.05, 0) is 19.9 Å². The van der Waals surface area contributed by atoms with Gasteiger partial charge in [0.2, 0.25) is 0 Å². The zero-order valence-electron chi connectivity index (χ0n) is 28.4. The minimum atomic E-state index is -2.10. The Morgan fingerprint density at radius 3 is 2.35 bits per heavy atom. The number of ether oxygens (including phenoxy) is 5. The number of fused-ring (bicyclic) bond motifs is 3. The zero-order valence-corrected chi connectivity index (χ0v) is 29.4. The fourth-order valence-corrected chi connectivity index (χ4v) is 6.00. The third-order valence-corrected chi connectivity index (χ3v) is 8.58. The molecule has 4 rings (SSSR count). The summed E-state index contributed by atoms with van der Waals surface area (Å²) in [5.74, 6) is -5.45. The number of nitrogens with two attached hydrogens (primary N) is 1. The van der Waals surface area contributed by atoms with Crippen molar-refractivity contribution in [1.82, 2.24) is 0 Å². The molecule has 14 nitrogen and oxygen atoms in total. The number of carboxylic acid groups (broad SMARTS) is 1. The van der Waals surface area contributed by atoms with Crippen molar-refractivity contribution in [2.24, 2.45) is 11.7 Å². The Kier molecular flexibility index (Phi) is 15.6. The molecular formula is C33H48NNaO13. The summed E-state index contributed by atoms with van der Waals surface area (Å²) < 4.78 is 28.5. The van der Waals surface area contributed by atoms with Gasteiger partial charge in [0.25, 0.3) is 0 Å². The van der Waals surface area contributed by atoms with Crippen LogP contribution in [0.15, 0.2) is 60.8 Å². The number of carbonyl (C=O) groups excluding carboxylic acids is 1. The molecule has 0 radical (unpaired) electrons. The van der Waals surface area contributed by atoms with Crippen LogP contribution < -0.4 is 35.3 Å². The van der Waals surface area contributed by atoms with E-state index in [4.69, 9.17) is 29.4 Å². The van der Waals surface area contributed by atoms with Crippen LogP contribution in [-0.2, 0) is 33.3 Å². The van der Waals surface area contributed by atoms with Crippen LogP contribution in [0.5, 0.6) is 0 Å². The largest absolute Gasteiger partial charge is 1.00 e. The van der Waals surface area contributed by atoms with E-state index in [-0.39, 0.29) is 56.4 Å². The average Bonchev–Trinajstić information content (AvgIpc) is 3.72. The van der Waals surface area contributed by atoms with E-state index in [9.17, 15) is 40.2 Å². The summed E-state index contributed by atoms with van der Waals surface area (Å²) in [5.41, 5.74) is 5.98. The van der Waals surface area contributed by atoms with Gasteiger partial charge in [0, 0.05) is 38.2 Å². The summed E-state index contributed by atoms with van der Waals surface area (Å²) >= 11 is 0. The van der Waals surface area contributed by atoms with Gasteiger partial charge in [-0.25, -0.2) is 4.79 Å². The second-order valence-corrected chi connectivity index (χ2v) is 12.6. The predicted octanol–water partition coefficient (Wildman–Crippen LogP) is -2.76. The Balaban J connectivity index is 0.00000417. The summed E-state index contributed by atoms with van der Waals surface area (Å²) in [6.45, 7) is 3.34. The summed E-state index contributed by atoms with van der Waals surface area (Å²) in [6, 6.07) is -1.08. The Bertz CT molecular complexity index is 1230. The van der Waals surface area contributed by atoms with Crippen LogP contribution in [0.3, 0.4) is 0 Å². The minimum absolute atomic E-state index is 0. The molecule has 3 saturated heterocycles. The van der Waals surface area contributed by atoms with Crippen LogP contribution in [0.1, 0.15) is 47.4 Å². The van der Waals surface area contributed by atoms with E-state index in [0.29, 0.717) is 6.42 Å². The molecule has 14 atom stereocenters. The predicted molar refractivity (Wildman–Crippen MR) is 166 cm³/mol. The molecule has 0 saturated carbocycles. The third kappa shape index (κ3) is 11.7. The van der Waals surface area contributed by atoms with Gasteiger partial charge in [0.05, 0.1) is 48.8 Å². The summed E-state index contributed by atoms with van der Waals surface area (Å²) in [7, 11) is 0. The molecule has 2 bridgehead atoms. The topological polar surface area (TPSA) is 231 Å². The molecule has 48 heavy (non-hydrogen) atoms. The summed E-state index contributed by atoms with van der Waals surface area (Å²) in [6.07, 6.45) is 5.25. The first-order valence-electron chi connectivity index (χ1n) is 15.9. The molecule has 4 heterocycles. The number of allylic oxidation sites excluding steroid dienone is 6. The number of cyclic esters (lactones) is 1. The van der Waals surface area contributed by atoms with Gasteiger partial charge in [0.15, 0.2) is 12.1 Å². The Morgan fingerprint density at radius 1 is 0.958 bits per heavy atom. The van der Waals surface area contributed by atoms with Crippen molar-refractivity contribution in [3.8, 4) is 0 Å². The Morgan fingerprint density at radius 2 is 1.65 bits per heavy atom. The first-order chi connectivity index (χ1) is 22.3. The molecule has 3 fully saturated rings. The number of hydrogen-bond acceptors (Lipinski definition) is 13. The van der Waals surface area contributed by atoms with Crippen molar-refractivity contribution in [3.05, 3.63) is 60.8 Å². The Hall–Kier alpha value is -1.76. The number of rotatable bonds is 3. The molecule has 0 aromatic carbocycles. The van der Waals surface area contributed by atoms with E-state index in [0.717, 1.165) is 0 Å². The smallest absolute Gasteiger partial charge is 1.00 e. The maximum atomic E-state index is 12.3. The number of aliphatic hydroxyl groups excluding tert-OH is 4. The quantitative estimate of drug-likeness (QED) is 0.0905. The first kappa shape index (κ1) is 40.7. The molecule has 0 aromatic heterocycles. The molecule has 8 N–H and O–H groups in total. The standard InChI is InChI=1S/C33H47NO13.Na.H/c1-18-10-8-6-4-3-5-7-9-11-21(45-32-30(39)28(34)29(38)19(2)44-32)15-25-27(31(40)41)22(36)17-33(42,47-25)16-20(35)14-24-23(46-24)12-13-26(37)43-18;;/h3-9,11-13,18-25,27-30,32,35-36,38-39,42H,10,14-17,34H2,1-2H3,(H,40,41);;/q;+1;-1/b4-3+,7-5+,8-6+,11-9+,13-12+;;/t18-,19-,20+,21+,22+,23-,24-,25+,27-,28+,29-,30+,32+,33-;;/m1../s1. The number of epoxide rings is 1. The van der Waals surface area contributed by atoms with E-state index < -0.39 is 97.3 Å². The van der Waals surface area contributed by atoms with Crippen LogP contribution in [0.2, 0.25) is 0 Å². The van der Waals surface area contributed by atoms with Gasteiger partial charge in [-0.3, -0.25) is 4.79 Å². The number of carboxylic acids is 1. The number of carbonyl (C=O) groups is 2. The molecule has 15 heteroatoms. The van der Waals surface area contributed by atoms with Gasteiger partial charge in [-0.2, -0.15) is 0 Å². The maximum Gasteiger partial charge on any atom is 1.00 e. The van der Waals surface area contributed by atoms with Crippen LogP contribution in [0.4, 0.5) is 0 Å². The van der Waals surface area contributed by atoms with E-state index in [1.165, 1.54) is 12.2 Å². The van der Waals surface area contributed by atoms with Gasteiger partial charge >= 0.3 is 41.5 Å². The zero-order chi connectivity index (χ0) is 34.3. The van der Waals surface area contributed by atoms with Crippen molar-refractivity contribution < 1.29 is 94.9 Å². The molecule has 0 aromatic rings. The van der Waals surface area contributed by atoms with E-state index in [2.05, 4.69) is 0 Å². The van der Waals surface area contributed by atoms with Crippen molar-refractivity contribution in [2.75, 3.05) is 0 Å². The SMILES string of the molecule is C[C@@H]1C/C=C/C=C/C=C/C=C/[C@H](O[C@@H]2O[C@H](C)[C@@H](O)[C@H](N)[C@@H]2O)C[C@@H]2O[C@](O)(C[C@@H](O)C[C@H]3O[C@@H]3/C=C/C(=O)O1)C[C@H](O)[C@H]2C(=O)O.[H-].[Na+].